The Kier molecular flexibility index (Phi) is 4.65. The van der Waals surface area contributed by atoms with Crippen LogP contribution >= 0.6 is 28.3 Å². The van der Waals surface area contributed by atoms with Crippen LogP contribution < -0.4 is 10.6 Å². The molecule has 2 heterocycles. The number of aromatic nitrogens is 1. The summed E-state index contributed by atoms with van der Waals surface area (Å²) in [6.45, 7) is 2.14. The first-order valence-electron chi connectivity index (χ1n) is 4.43. The predicted octanol–water partition coefficient (Wildman–Crippen LogP) is 2.04. The molecule has 0 aliphatic carbocycles. The van der Waals surface area contributed by atoms with Crippen LogP contribution in [0.4, 0.5) is 5.82 Å². The van der Waals surface area contributed by atoms with Crippen molar-refractivity contribution in [2.24, 2.45) is 0 Å². The predicted molar refractivity (Wildman–Crippen MR) is 64.1 cm³/mol. The summed E-state index contributed by atoms with van der Waals surface area (Å²) in [5.74, 6) is 0.955. The molecule has 0 saturated carbocycles. The second-order valence-electron chi connectivity index (χ2n) is 3.20. The fourth-order valence-electron chi connectivity index (χ4n) is 1.45. The summed E-state index contributed by atoms with van der Waals surface area (Å²) < 4.78 is 1.02. The van der Waals surface area contributed by atoms with E-state index in [0.717, 1.165) is 23.4 Å². The van der Waals surface area contributed by atoms with E-state index in [-0.39, 0.29) is 12.4 Å². The first-order valence-corrected chi connectivity index (χ1v) is 5.23. The zero-order valence-electron chi connectivity index (χ0n) is 7.66. The van der Waals surface area contributed by atoms with Crippen LogP contribution in [0, 0.1) is 0 Å². The molecule has 1 aliphatic rings. The molecule has 0 aromatic carbocycles. The molecular formula is C9H13BrClN3. The van der Waals surface area contributed by atoms with Gasteiger partial charge in [-0.3, -0.25) is 0 Å². The maximum Gasteiger partial charge on any atom is 0.126 e. The quantitative estimate of drug-likeness (QED) is 0.869. The van der Waals surface area contributed by atoms with Crippen LogP contribution in [0.1, 0.15) is 6.42 Å². The Morgan fingerprint density at radius 1 is 1.50 bits per heavy atom. The summed E-state index contributed by atoms with van der Waals surface area (Å²) in [7, 11) is 0. The standard InChI is InChI=1S/C9H12BrN3.ClH/c10-7-1-2-9(12-5-7)13-8-3-4-11-6-8;/h1-2,5,8,11H,3-4,6H2,(H,12,13);1H. The van der Waals surface area contributed by atoms with Crippen molar-refractivity contribution in [3.63, 3.8) is 0 Å². The molecule has 5 heteroatoms. The SMILES string of the molecule is Brc1ccc(NC2CCNC2)nc1.Cl. The van der Waals surface area contributed by atoms with E-state index in [2.05, 4.69) is 31.5 Å². The van der Waals surface area contributed by atoms with Gasteiger partial charge in [0.2, 0.25) is 0 Å². The third-order valence-electron chi connectivity index (χ3n) is 2.14. The van der Waals surface area contributed by atoms with Gasteiger partial charge in [0, 0.05) is 23.3 Å². The lowest BCUT2D eigenvalue weighted by Crippen LogP contribution is -2.22. The lowest BCUT2D eigenvalue weighted by Gasteiger charge is -2.11. The zero-order chi connectivity index (χ0) is 9.10. The molecular weight excluding hydrogens is 265 g/mol. The molecule has 1 atom stereocenters. The van der Waals surface area contributed by atoms with Crippen molar-refractivity contribution in [1.82, 2.24) is 10.3 Å². The number of nitrogens with one attached hydrogen (secondary N) is 2. The third-order valence-corrected chi connectivity index (χ3v) is 2.61. The number of halogens is 2. The van der Waals surface area contributed by atoms with Gasteiger partial charge in [-0.1, -0.05) is 0 Å². The second-order valence-corrected chi connectivity index (χ2v) is 4.11. The minimum atomic E-state index is 0. The van der Waals surface area contributed by atoms with Crippen LogP contribution in [0.5, 0.6) is 0 Å². The van der Waals surface area contributed by atoms with Crippen molar-refractivity contribution in [3.8, 4) is 0 Å². The van der Waals surface area contributed by atoms with Crippen molar-refractivity contribution in [1.29, 1.82) is 0 Å². The smallest absolute Gasteiger partial charge is 0.126 e. The Balaban J connectivity index is 0.000000980. The molecule has 14 heavy (non-hydrogen) atoms. The molecule has 2 rings (SSSR count). The monoisotopic (exact) mass is 277 g/mol. The molecule has 1 aromatic heterocycles. The van der Waals surface area contributed by atoms with E-state index in [1.807, 2.05) is 18.3 Å². The first-order chi connectivity index (χ1) is 6.34. The van der Waals surface area contributed by atoms with E-state index in [4.69, 9.17) is 0 Å². The van der Waals surface area contributed by atoms with Crippen LogP contribution in [0.25, 0.3) is 0 Å². The summed E-state index contributed by atoms with van der Waals surface area (Å²) in [5.41, 5.74) is 0. The lowest BCUT2D eigenvalue weighted by molar-refractivity contribution is 0.788. The minimum Gasteiger partial charge on any atom is -0.366 e. The van der Waals surface area contributed by atoms with Gasteiger partial charge in [0.15, 0.2) is 0 Å². The first kappa shape index (κ1) is 11.8. The van der Waals surface area contributed by atoms with E-state index in [1.54, 1.807) is 0 Å². The van der Waals surface area contributed by atoms with Gasteiger partial charge >= 0.3 is 0 Å². The van der Waals surface area contributed by atoms with Gasteiger partial charge in [0.25, 0.3) is 0 Å². The van der Waals surface area contributed by atoms with Gasteiger partial charge in [-0.25, -0.2) is 4.98 Å². The maximum absolute atomic E-state index is 4.26. The van der Waals surface area contributed by atoms with E-state index in [0.29, 0.717) is 6.04 Å². The van der Waals surface area contributed by atoms with Crippen molar-refractivity contribution in [3.05, 3.63) is 22.8 Å². The van der Waals surface area contributed by atoms with Crippen molar-refractivity contribution < 1.29 is 0 Å². The van der Waals surface area contributed by atoms with Crippen molar-refractivity contribution in [2.45, 2.75) is 12.5 Å². The summed E-state index contributed by atoms with van der Waals surface area (Å²) in [4.78, 5) is 4.26. The second kappa shape index (κ2) is 5.53. The number of hydrogen-bond donors (Lipinski definition) is 2. The molecule has 0 spiro atoms. The average molecular weight is 279 g/mol. The summed E-state index contributed by atoms with van der Waals surface area (Å²) >= 11 is 3.36. The lowest BCUT2D eigenvalue weighted by atomic mass is 10.2. The topological polar surface area (TPSA) is 37.0 Å². The van der Waals surface area contributed by atoms with E-state index >= 15 is 0 Å². The Morgan fingerprint density at radius 3 is 2.93 bits per heavy atom. The van der Waals surface area contributed by atoms with Crippen LogP contribution in [0.3, 0.4) is 0 Å². The molecule has 78 valence electrons. The third kappa shape index (κ3) is 3.12. The van der Waals surface area contributed by atoms with Crippen LogP contribution in [-0.2, 0) is 0 Å². The molecule has 3 nitrogen and oxygen atoms in total. The number of hydrogen-bond acceptors (Lipinski definition) is 3. The number of nitrogens with zero attached hydrogens (tertiary/aromatic N) is 1. The number of anilines is 1. The summed E-state index contributed by atoms with van der Waals surface area (Å²) in [5, 5.41) is 6.68. The molecule has 0 amide bonds. The molecule has 1 fully saturated rings. The fourth-order valence-corrected chi connectivity index (χ4v) is 1.68. The largest absolute Gasteiger partial charge is 0.366 e. The Hall–Kier alpha value is -0.320. The number of pyridine rings is 1. The van der Waals surface area contributed by atoms with Gasteiger partial charge in [0.1, 0.15) is 5.82 Å². The van der Waals surface area contributed by atoms with Gasteiger partial charge in [0.05, 0.1) is 0 Å². The molecule has 1 unspecified atom stereocenters. The molecule has 1 aromatic rings. The molecule has 1 aliphatic heterocycles. The van der Waals surface area contributed by atoms with Gasteiger partial charge in [-0.05, 0) is 41.0 Å². The zero-order valence-corrected chi connectivity index (χ0v) is 10.1. The molecule has 2 N–H and O–H groups in total. The van der Waals surface area contributed by atoms with Gasteiger partial charge in [-0.2, -0.15) is 0 Å². The number of rotatable bonds is 2. The van der Waals surface area contributed by atoms with Crippen LogP contribution in [0.2, 0.25) is 0 Å². The normalized spacial score (nSPS) is 20.2. The molecule has 0 radical (unpaired) electrons. The van der Waals surface area contributed by atoms with E-state index in [1.165, 1.54) is 6.42 Å². The molecule has 0 bridgehead atoms. The Morgan fingerprint density at radius 2 is 2.36 bits per heavy atom. The maximum atomic E-state index is 4.26. The molecule has 1 saturated heterocycles. The van der Waals surface area contributed by atoms with Crippen LogP contribution in [0.15, 0.2) is 22.8 Å². The van der Waals surface area contributed by atoms with Gasteiger partial charge in [-0.15, -0.1) is 12.4 Å². The van der Waals surface area contributed by atoms with E-state index < -0.39 is 0 Å². The summed E-state index contributed by atoms with van der Waals surface area (Å²) in [6, 6.07) is 4.52. The Bertz CT molecular complexity index is 272. The van der Waals surface area contributed by atoms with Crippen LogP contribution in [-0.4, -0.2) is 24.1 Å². The average Bonchev–Trinajstić information content (AvgIpc) is 2.62. The highest BCUT2D eigenvalue weighted by molar-refractivity contribution is 9.10. The van der Waals surface area contributed by atoms with Crippen molar-refractivity contribution >= 4 is 34.2 Å². The van der Waals surface area contributed by atoms with Crippen molar-refractivity contribution in [2.75, 3.05) is 18.4 Å². The summed E-state index contributed by atoms with van der Waals surface area (Å²) in [6.07, 6.45) is 2.99. The minimum absolute atomic E-state index is 0. The highest BCUT2D eigenvalue weighted by atomic mass is 79.9. The van der Waals surface area contributed by atoms with Gasteiger partial charge < -0.3 is 10.6 Å². The highest BCUT2D eigenvalue weighted by Crippen LogP contribution is 2.12. The van der Waals surface area contributed by atoms with E-state index in [9.17, 15) is 0 Å². The highest BCUT2D eigenvalue weighted by Gasteiger charge is 2.13. The Labute approximate surface area is 98.2 Å². The fraction of sp³-hybridized carbons (Fsp3) is 0.444.